The molecule has 0 bridgehead atoms. The van der Waals surface area contributed by atoms with Crippen molar-refractivity contribution in [1.29, 1.82) is 0 Å². The monoisotopic (exact) mass is 421 g/mol. The second-order valence-electron chi connectivity index (χ2n) is 6.53. The fraction of sp³-hybridized carbons (Fsp3) is 0.895. The molecule has 0 aromatic rings. The normalized spacial score (nSPS) is 12.8. The molecule has 0 N–H and O–H groups in total. The van der Waals surface area contributed by atoms with Gasteiger partial charge in [-0.05, 0) is 25.8 Å². The molecule has 9 heteroatoms. The number of ether oxygens (including phenoxy) is 4. The zero-order valence-corrected chi connectivity index (χ0v) is 19.7. The topological polar surface area (TPSA) is 83.5 Å². The molecule has 0 rings (SSSR count). The number of hydrogen-bond donors (Lipinski definition) is 0. The average molecular weight is 422 g/mol. The quantitative estimate of drug-likeness (QED) is 0.143. The maximum atomic E-state index is 12.7. The summed E-state index contributed by atoms with van der Waals surface area (Å²) in [6.07, 6.45) is 3.83. The summed E-state index contributed by atoms with van der Waals surface area (Å²) in [5, 5.41) is 0. The molecule has 0 aliphatic rings. The molecule has 28 heavy (non-hydrogen) atoms. The Morgan fingerprint density at radius 1 is 0.929 bits per heavy atom. The average Bonchev–Trinajstić information content (AvgIpc) is 2.69. The second-order valence-corrected chi connectivity index (χ2v) is 8.01. The van der Waals surface area contributed by atoms with Gasteiger partial charge in [-0.25, -0.2) is 0 Å². The fourth-order valence-corrected chi connectivity index (χ4v) is 3.85. The van der Waals surface area contributed by atoms with Crippen molar-refractivity contribution in [2.75, 3.05) is 40.6 Å². The Kier molecular flexibility index (Phi) is 17.4. The van der Waals surface area contributed by atoms with E-state index in [-0.39, 0.29) is 25.0 Å². The molecule has 0 aliphatic heterocycles. The number of methoxy groups -OCH3 is 2. The van der Waals surface area contributed by atoms with E-state index >= 15 is 0 Å². The highest BCUT2D eigenvalue weighted by Gasteiger charge is 2.30. The first-order valence-electron chi connectivity index (χ1n) is 10.2. The van der Waals surface area contributed by atoms with E-state index < -0.39 is 22.3 Å². The Balaban J connectivity index is 4.97. The Hall–Kier alpha value is -1.00. The van der Waals surface area contributed by atoms with Gasteiger partial charge >= 0.3 is 11.9 Å². The zero-order valence-electron chi connectivity index (χ0n) is 18.2. The third-order valence-electron chi connectivity index (χ3n) is 4.12. The van der Waals surface area contributed by atoms with Crippen LogP contribution in [0.25, 0.3) is 0 Å². The van der Waals surface area contributed by atoms with Crippen LogP contribution in [0.1, 0.15) is 59.3 Å². The van der Waals surface area contributed by atoms with E-state index in [1.54, 1.807) is 14.2 Å². The molecule has 1 unspecified atom stereocenters. The first-order chi connectivity index (χ1) is 13.5. The molecular formula is C19H39NO7Si. The summed E-state index contributed by atoms with van der Waals surface area (Å²) in [5.74, 6) is -0.770. The molecule has 0 aromatic carbocycles. The SMILES string of the molecule is CCCCOC(=O)CC(C(=O)OCCCC)N(CCC)[SiH2]OCC(OC)OC. The van der Waals surface area contributed by atoms with Crippen molar-refractivity contribution >= 4 is 21.9 Å². The fourth-order valence-electron chi connectivity index (χ4n) is 2.42. The molecule has 0 aromatic heterocycles. The Morgan fingerprint density at radius 3 is 2.07 bits per heavy atom. The molecular weight excluding hydrogens is 382 g/mol. The summed E-state index contributed by atoms with van der Waals surface area (Å²) < 4.78 is 28.6. The van der Waals surface area contributed by atoms with Crippen LogP contribution < -0.4 is 0 Å². The van der Waals surface area contributed by atoms with Gasteiger partial charge in [0.1, 0.15) is 6.04 Å². The van der Waals surface area contributed by atoms with Crippen LogP contribution in [-0.4, -0.2) is 79.3 Å². The van der Waals surface area contributed by atoms with Crippen molar-refractivity contribution in [1.82, 2.24) is 4.57 Å². The van der Waals surface area contributed by atoms with Gasteiger partial charge < -0.3 is 23.4 Å². The summed E-state index contributed by atoms with van der Waals surface area (Å²) in [6, 6.07) is -0.680. The molecule has 0 saturated heterocycles. The molecule has 0 heterocycles. The van der Waals surface area contributed by atoms with Crippen LogP contribution in [0.5, 0.6) is 0 Å². The minimum Gasteiger partial charge on any atom is -0.466 e. The van der Waals surface area contributed by atoms with E-state index in [4.69, 9.17) is 23.4 Å². The van der Waals surface area contributed by atoms with E-state index in [1.165, 1.54) is 0 Å². The van der Waals surface area contributed by atoms with Gasteiger partial charge in [0, 0.05) is 14.2 Å². The molecule has 0 amide bonds. The number of nitrogens with zero attached hydrogens (tertiary/aromatic N) is 1. The first-order valence-corrected chi connectivity index (χ1v) is 11.4. The molecule has 0 aliphatic carbocycles. The highest BCUT2D eigenvalue weighted by molar-refractivity contribution is 6.24. The lowest BCUT2D eigenvalue weighted by Gasteiger charge is -2.29. The molecule has 0 radical (unpaired) electrons. The van der Waals surface area contributed by atoms with Crippen LogP contribution in [0.3, 0.4) is 0 Å². The van der Waals surface area contributed by atoms with E-state index in [9.17, 15) is 9.59 Å². The smallest absolute Gasteiger partial charge is 0.323 e. The summed E-state index contributed by atoms with van der Waals surface area (Å²) >= 11 is 0. The highest BCUT2D eigenvalue weighted by atomic mass is 28.2. The van der Waals surface area contributed by atoms with Crippen molar-refractivity contribution in [2.45, 2.75) is 71.6 Å². The van der Waals surface area contributed by atoms with Crippen LogP contribution in [0.4, 0.5) is 0 Å². The molecule has 0 spiro atoms. The van der Waals surface area contributed by atoms with Crippen LogP contribution in [0, 0.1) is 0 Å². The van der Waals surface area contributed by atoms with Gasteiger partial charge in [-0.3, -0.25) is 14.2 Å². The van der Waals surface area contributed by atoms with Gasteiger partial charge in [-0.1, -0.05) is 33.6 Å². The highest BCUT2D eigenvalue weighted by Crippen LogP contribution is 2.10. The van der Waals surface area contributed by atoms with Gasteiger partial charge in [-0.2, -0.15) is 0 Å². The Labute approximate surface area is 172 Å². The van der Waals surface area contributed by atoms with Gasteiger partial charge in [0.05, 0.1) is 26.2 Å². The molecule has 8 nitrogen and oxygen atoms in total. The standard InChI is InChI=1S/C19H39NO7Si/c1-6-9-12-25-17(21)14-16(19(22)26-13-10-7-2)20(11-8-3)28-27-15-18(23-4)24-5/h16,18H,6-15,28H2,1-5H3. The lowest BCUT2D eigenvalue weighted by Crippen LogP contribution is -2.47. The van der Waals surface area contributed by atoms with Crippen LogP contribution >= 0.6 is 0 Å². The molecule has 1 atom stereocenters. The number of carbonyl (C=O) groups excluding carboxylic acids is 2. The maximum absolute atomic E-state index is 12.7. The van der Waals surface area contributed by atoms with Crippen molar-refractivity contribution in [3.63, 3.8) is 0 Å². The number of carbonyl (C=O) groups is 2. The van der Waals surface area contributed by atoms with E-state index in [1.807, 2.05) is 25.3 Å². The summed E-state index contributed by atoms with van der Waals surface area (Å²) in [6.45, 7) is 7.73. The number of esters is 2. The van der Waals surface area contributed by atoms with Gasteiger partial charge in [0.15, 0.2) is 6.29 Å². The minimum absolute atomic E-state index is 0.0248. The largest absolute Gasteiger partial charge is 0.466 e. The van der Waals surface area contributed by atoms with E-state index in [2.05, 4.69) is 0 Å². The summed E-state index contributed by atoms with van der Waals surface area (Å²) in [7, 11) is 1.82. The number of hydrogen-bond acceptors (Lipinski definition) is 8. The minimum atomic E-state index is -1.27. The maximum Gasteiger partial charge on any atom is 0.323 e. The van der Waals surface area contributed by atoms with Crippen molar-refractivity contribution in [3.05, 3.63) is 0 Å². The Bertz CT molecular complexity index is 408. The lowest BCUT2D eigenvalue weighted by molar-refractivity contribution is -0.155. The third-order valence-corrected chi connectivity index (χ3v) is 5.63. The molecule has 166 valence electrons. The van der Waals surface area contributed by atoms with E-state index in [0.717, 1.165) is 32.1 Å². The van der Waals surface area contributed by atoms with E-state index in [0.29, 0.717) is 19.8 Å². The van der Waals surface area contributed by atoms with Gasteiger partial charge in [-0.15, -0.1) is 0 Å². The predicted molar refractivity (Wildman–Crippen MR) is 109 cm³/mol. The van der Waals surface area contributed by atoms with Crippen LogP contribution in [0.15, 0.2) is 0 Å². The predicted octanol–water partition coefficient (Wildman–Crippen LogP) is 1.78. The van der Waals surface area contributed by atoms with Crippen molar-refractivity contribution in [3.8, 4) is 0 Å². The first kappa shape index (κ1) is 27.0. The van der Waals surface area contributed by atoms with Crippen LogP contribution in [0.2, 0.25) is 0 Å². The second kappa shape index (κ2) is 18.1. The third kappa shape index (κ3) is 12.5. The number of unbranched alkanes of at least 4 members (excludes halogenated alkanes) is 2. The van der Waals surface area contributed by atoms with Gasteiger partial charge in [0.25, 0.3) is 0 Å². The zero-order chi connectivity index (χ0) is 21.2. The lowest BCUT2D eigenvalue weighted by atomic mass is 10.2. The molecule has 0 fully saturated rings. The van der Waals surface area contributed by atoms with Crippen LogP contribution in [-0.2, 0) is 33.0 Å². The molecule has 0 saturated carbocycles. The van der Waals surface area contributed by atoms with Crippen molar-refractivity contribution < 1.29 is 33.0 Å². The number of rotatable bonds is 18. The van der Waals surface area contributed by atoms with Crippen molar-refractivity contribution in [2.24, 2.45) is 0 Å². The summed E-state index contributed by atoms with van der Waals surface area (Å²) in [4.78, 5) is 24.9. The Morgan fingerprint density at radius 2 is 1.54 bits per heavy atom. The van der Waals surface area contributed by atoms with Gasteiger partial charge in [0.2, 0.25) is 9.92 Å². The summed E-state index contributed by atoms with van der Waals surface area (Å²) in [5.41, 5.74) is 0.